The number of aromatic nitrogens is 2. The van der Waals surface area contributed by atoms with Gasteiger partial charge < -0.3 is 26.2 Å². The summed E-state index contributed by atoms with van der Waals surface area (Å²) in [6.07, 6.45) is 10.4. The smallest absolute Gasteiger partial charge is 0.315 e. The average Bonchev–Trinajstić information content (AvgIpc) is 3.86. The number of nitrogens with one attached hydrogen (secondary N) is 4. The zero-order chi connectivity index (χ0) is 35.7. The van der Waals surface area contributed by atoms with Crippen molar-refractivity contribution in [3.05, 3.63) is 73.9 Å². The van der Waals surface area contributed by atoms with Gasteiger partial charge in [0.05, 0.1) is 24.3 Å². The summed E-state index contributed by atoms with van der Waals surface area (Å²) in [7, 11) is 2.01. The molecule has 2 fully saturated rings. The van der Waals surface area contributed by atoms with Crippen LogP contribution < -0.4 is 45.5 Å². The highest BCUT2D eigenvalue weighted by atomic mass is 32.2. The van der Waals surface area contributed by atoms with Crippen LogP contribution in [-0.4, -0.2) is 65.6 Å². The monoisotopic (exact) mass is 750 g/mol. The van der Waals surface area contributed by atoms with Gasteiger partial charge in [0.15, 0.2) is 12.7 Å². The number of nitrogens with zero attached hydrogens (tertiary/aromatic N) is 3. The number of hydrogen-bond donors (Lipinski definition) is 4. The maximum absolute atomic E-state index is 13.5. The minimum absolute atomic E-state index is 0.0243. The van der Waals surface area contributed by atoms with E-state index in [9.17, 15) is 19.2 Å². The average molecular weight is 751 g/mol. The fourth-order valence-corrected chi connectivity index (χ4v) is 10.8. The summed E-state index contributed by atoms with van der Waals surface area (Å²) in [6.45, 7) is 4.32. The second-order valence-corrected chi connectivity index (χ2v) is 16.4. The predicted molar refractivity (Wildman–Crippen MR) is 206 cm³/mol. The first-order chi connectivity index (χ1) is 24.8. The first kappa shape index (κ1) is 37.0. The highest BCUT2D eigenvalue weighted by molar-refractivity contribution is 8.08. The van der Waals surface area contributed by atoms with Crippen molar-refractivity contribution in [2.45, 2.75) is 93.6 Å². The fourth-order valence-electron chi connectivity index (χ4n) is 6.80. The number of pyridine rings is 1. The molecular weight excluding hydrogens is 703 g/mol. The van der Waals surface area contributed by atoms with Crippen molar-refractivity contribution in [1.29, 1.82) is 0 Å². The zero-order valence-corrected chi connectivity index (χ0v) is 31.8. The highest BCUT2D eigenvalue weighted by Gasteiger charge is 2.42. The third-order valence-electron chi connectivity index (χ3n) is 9.57. The van der Waals surface area contributed by atoms with E-state index in [2.05, 4.69) is 48.9 Å². The number of benzene rings is 1. The summed E-state index contributed by atoms with van der Waals surface area (Å²) < 4.78 is 5.57. The number of para-hydroxylation sites is 1. The molecule has 3 atom stereocenters. The van der Waals surface area contributed by atoms with Gasteiger partial charge in [-0.1, -0.05) is 36.7 Å². The van der Waals surface area contributed by atoms with E-state index < -0.39 is 0 Å². The van der Waals surface area contributed by atoms with E-state index in [0.717, 1.165) is 74.8 Å². The maximum atomic E-state index is 13.5. The summed E-state index contributed by atoms with van der Waals surface area (Å²) in [5.41, 5.74) is 2.10. The van der Waals surface area contributed by atoms with Gasteiger partial charge in [0.1, 0.15) is 14.2 Å². The molecule has 2 saturated heterocycles. The molecule has 51 heavy (non-hydrogen) atoms. The van der Waals surface area contributed by atoms with Gasteiger partial charge in [-0.3, -0.25) is 19.0 Å². The van der Waals surface area contributed by atoms with E-state index in [1.54, 1.807) is 11.8 Å². The SMILES string of the molecule is CCn1c(=O)/c(=C2\Sc3ccccc3N2C)s/c1=C\c1cccc[n+]1CCNC(=O)CCCCCNC(=O)CCCC[C@@H]1SC[C@@H]2NC(=O)N[C@@H]21. The van der Waals surface area contributed by atoms with Crippen molar-refractivity contribution in [2.24, 2.45) is 0 Å². The first-order valence-corrected chi connectivity index (χ1v) is 20.7. The molecule has 4 N–H and O–H groups in total. The lowest BCUT2D eigenvalue weighted by molar-refractivity contribution is -0.696. The minimum Gasteiger partial charge on any atom is -0.356 e. The highest BCUT2D eigenvalue weighted by Crippen LogP contribution is 2.45. The van der Waals surface area contributed by atoms with Gasteiger partial charge in [-0.05, 0) is 50.8 Å². The molecule has 0 unspecified atom stereocenters. The molecule has 0 bridgehead atoms. The van der Waals surface area contributed by atoms with Crippen LogP contribution in [0.25, 0.3) is 11.1 Å². The summed E-state index contributed by atoms with van der Waals surface area (Å²) in [6, 6.07) is 14.6. The number of unbranched alkanes of at least 4 members (excludes halogenated alkanes) is 3. The van der Waals surface area contributed by atoms with Crippen molar-refractivity contribution < 1.29 is 19.0 Å². The second-order valence-electron chi connectivity index (χ2n) is 13.1. The molecule has 5 heterocycles. The Morgan fingerprint density at radius 1 is 0.961 bits per heavy atom. The molecule has 0 spiro atoms. The quantitative estimate of drug-likeness (QED) is 0.101. The van der Waals surface area contributed by atoms with E-state index in [-0.39, 0.29) is 35.5 Å². The van der Waals surface area contributed by atoms with Gasteiger partial charge in [-0.2, -0.15) is 16.3 Å². The van der Waals surface area contributed by atoms with Crippen molar-refractivity contribution >= 4 is 69.5 Å². The Hall–Kier alpha value is -3.75. The Kier molecular flexibility index (Phi) is 12.8. The van der Waals surface area contributed by atoms with Crippen molar-refractivity contribution in [1.82, 2.24) is 25.8 Å². The molecule has 0 aliphatic carbocycles. The number of hydrogen-bond acceptors (Lipinski definition) is 8. The molecule has 6 rings (SSSR count). The Labute approximate surface area is 311 Å². The third kappa shape index (κ3) is 9.19. The van der Waals surface area contributed by atoms with Crippen LogP contribution in [0.1, 0.15) is 64.0 Å². The Morgan fingerprint density at radius 2 is 1.73 bits per heavy atom. The molecular formula is C37H48N7O4S3+. The van der Waals surface area contributed by atoms with E-state index >= 15 is 0 Å². The summed E-state index contributed by atoms with van der Waals surface area (Å²) >= 11 is 5.06. The topological polar surface area (TPSA) is 128 Å². The van der Waals surface area contributed by atoms with Crippen LogP contribution in [0.4, 0.5) is 10.5 Å². The van der Waals surface area contributed by atoms with Crippen molar-refractivity contribution in [2.75, 3.05) is 30.8 Å². The lowest BCUT2D eigenvalue weighted by Crippen LogP contribution is -2.43. The molecule has 4 amide bonds. The first-order valence-electron chi connectivity index (χ1n) is 18.0. The number of thioether (sulfide) groups is 2. The van der Waals surface area contributed by atoms with Crippen LogP contribution in [-0.2, 0) is 22.7 Å². The van der Waals surface area contributed by atoms with Gasteiger partial charge in [0.2, 0.25) is 17.5 Å². The molecule has 14 heteroatoms. The lowest BCUT2D eigenvalue weighted by atomic mass is 10.0. The number of carbonyl (C=O) groups excluding carboxylic acids is 3. The van der Waals surface area contributed by atoms with Gasteiger partial charge in [0.25, 0.3) is 5.56 Å². The molecule has 3 aromatic rings. The second kappa shape index (κ2) is 17.6. The van der Waals surface area contributed by atoms with Crippen LogP contribution in [0.5, 0.6) is 0 Å². The molecule has 3 aliphatic heterocycles. The number of amides is 4. The van der Waals surface area contributed by atoms with Crippen LogP contribution in [0.3, 0.4) is 0 Å². The maximum Gasteiger partial charge on any atom is 0.315 e. The van der Waals surface area contributed by atoms with Crippen LogP contribution >= 0.6 is 34.9 Å². The Balaban J connectivity index is 0.898. The summed E-state index contributed by atoms with van der Waals surface area (Å²) in [4.78, 5) is 53.1. The van der Waals surface area contributed by atoms with Gasteiger partial charge in [-0.25, -0.2) is 4.79 Å². The van der Waals surface area contributed by atoms with Crippen LogP contribution in [0, 0.1) is 0 Å². The number of urea groups is 1. The Morgan fingerprint density at radius 3 is 2.53 bits per heavy atom. The summed E-state index contributed by atoms with van der Waals surface area (Å²) in [5.74, 6) is 1.07. The molecule has 11 nitrogen and oxygen atoms in total. The van der Waals surface area contributed by atoms with E-state index in [1.165, 1.54) is 11.3 Å². The number of fused-ring (bicyclic) bond motifs is 2. The third-order valence-corrected chi connectivity index (χ3v) is 13.6. The minimum atomic E-state index is -0.0602. The van der Waals surface area contributed by atoms with Gasteiger partial charge in [0, 0.05) is 67.1 Å². The largest absolute Gasteiger partial charge is 0.356 e. The fraction of sp³-hybridized carbons (Fsp3) is 0.486. The molecule has 3 aliphatic rings. The van der Waals surface area contributed by atoms with Gasteiger partial charge in [-0.15, -0.1) is 11.3 Å². The molecule has 272 valence electrons. The molecule has 2 aromatic heterocycles. The number of carbonyl (C=O) groups is 3. The summed E-state index contributed by atoms with van der Waals surface area (Å²) in [5, 5.41) is 13.4. The number of thiazole rings is 1. The van der Waals surface area contributed by atoms with E-state index in [1.807, 2.05) is 66.8 Å². The number of anilines is 1. The van der Waals surface area contributed by atoms with E-state index in [4.69, 9.17) is 0 Å². The molecule has 1 aromatic carbocycles. The number of rotatable bonds is 16. The van der Waals surface area contributed by atoms with Gasteiger partial charge >= 0.3 is 6.03 Å². The van der Waals surface area contributed by atoms with Crippen LogP contribution in [0.2, 0.25) is 0 Å². The van der Waals surface area contributed by atoms with Crippen LogP contribution in [0.15, 0.2) is 58.4 Å². The standard InChI is InChI=1S/C37H47N7O4S3/c1-3-44-32(51-34(35(44)47)36-42(2)27-14-6-7-15-28(27)50-36)23-25-13-10-12-21-43(25)22-20-39-31(46)17-5-4-11-19-38-30(45)18-9-8-16-29-33-26(24-49-29)40-37(48)41-33/h6-7,10,12-15,21,23,26,29,33H,3-5,8-9,11,16-20,22,24H2,1-2H3,(H3-,38,39,40,41,45,46,48)/p+1/b36-34+/t26-,29-,33-/m0/s1. The zero-order valence-electron chi connectivity index (χ0n) is 29.3. The Bertz CT molecular complexity index is 1910. The van der Waals surface area contributed by atoms with Crippen molar-refractivity contribution in [3.63, 3.8) is 0 Å². The van der Waals surface area contributed by atoms with E-state index in [0.29, 0.717) is 44.3 Å². The predicted octanol–water partition coefficient (Wildman–Crippen LogP) is 2.87. The molecule has 0 saturated carbocycles. The van der Waals surface area contributed by atoms with Crippen molar-refractivity contribution in [3.8, 4) is 0 Å². The molecule has 0 radical (unpaired) electrons. The lowest BCUT2D eigenvalue weighted by Gasteiger charge is -2.16. The normalized spacial score (nSPS) is 20.6.